The summed E-state index contributed by atoms with van der Waals surface area (Å²) in [5, 5.41) is 9.91. The van der Waals surface area contributed by atoms with E-state index in [1.165, 1.54) is 0 Å². The molecule has 2 heterocycles. The predicted octanol–water partition coefficient (Wildman–Crippen LogP) is -0.555. The summed E-state index contributed by atoms with van der Waals surface area (Å²) in [6.07, 6.45) is 3.19. The van der Waals surface area contributed by atoms with Gasteiger partial charge in [0.2, 0.25) is 5.91 Å². The molecule has 1 fully saturated rings. The molecule has 0 unspecified atom stereocenters. The van der Waals surface area contributed by atoms with E-state index in [4.69, 9.17) is 0 Å². The van der Waals surface area contributed by atoms with Gasteiger partial charge in [0, 0.05) is 52.5 Å². The van der Waals surface area contributed by atoms with Crippen molar-refractivity contribution in [2.24, 2.45) is 7.05 Å². The average molecular weight is 252 g/mol. The van der Waals surface area contributed by atoms with Crippen LogP contribution >= 0.6 is 0 Å². The minimum absolute atomic E-state index is 0.0212. The summed E-state index contributed by atoms with van der Waals surface area (Å²) in [7, 11) is 1.96. The van der Waals surface area contributed by atoms with Gasteiger partial charge in [-0.15, -0.1) is 0 Å². The first kappa shape index (κ1) is 13.0. The number of β-amino-alcohol motifs (C(OH)–C–C–N with tert-alkyl or cyclic N) is 1. The third kappa shape index (κ3) is 3.08. The molecule has 6 heteroatoms. The van der Waals surface area contributed by atoms with Gasteiger partial charge in [0.05, 0.1) is 12.6 Å². The topological polar surface area (TPSA) is 61.6 Å². The van der Waals surface area contributed by atoms with E-state index in [1.807, 2.05) is 17.8 Å². The van der Waals surface area contributed by atoms with Crippen LogP contribution in [0.4, 0.5) is 0 Å². The molecule has 0 aliphatic carbocycles. The normalized spacial score (nSPS) is 21.9. The van der Waals surface area contributed by atoms with Gasteiger partial charge in [-0.25, -0.2) is 4.98 Å². The van der Waals surface area contributed by atoms with Crippen molar-refractivity contribution in [1.29, 1.82) is 0 Å². The number of nitrogens with zero attached hydrogens (tertiary/aromatic N) is 4. The Balaban J connectivity index is 1.98. The van der Waals surface area contributed by atoms with E-state index in [1.54, 1.807) is 18.0 Å². The third-order valence-corrected chi connectivity index (χ3v) is 3.32. The van der Waals surface area contributed by atoms with Crippen LogP contribution in [-0.2, 0) is 18.4 Å². The Hall–Kier alpha value is -1.40. The van der Waals surface area contributed by atoms with Gasteiger partial charge < -0.3 is 14.6 Å². The molecule has 0 saturated carbocycles. The first-order valence-corrected chi connectivity index (χ1v) is 6.18. The molecule has 1 atom stereocenters. The zero-order valence-electron chi connectivity index (χ0n) is 10.9. The van der Waals surface area contributed by atoms with Crippen LogP contribution in [0.1, 0.15) is 12.7 Å². The van der Waals surface area contributed by atoms with Crippen molar-refractivity contribution >= 4 is 5.91 Å². The number of aromatic nitrogens is 2. The molecule has 0 spiro atoms. The van der Waals surface area contributed by atoms with Crippen LogP contribution < -0.4 is 0 Å². The molecule has 0 aromatic carbocycles. The van der Waals surface area contributed by atoms with Crippen molar-refractivity contribution < 1.29 is 9.90 Å². The SMILES string of the molecule is CC(=O)N1CCN(Cc2nccn2C)C[C@@H](O)C1. The van der Waals surface area contributed by atoms with Crippen molar-refractivity contribution in [3.8, 4) is 0 Å². The lowest BCUT2D eigenvalue weighted by Crippen LogP contribution is -2.36. The second kappa shape index (κ2) is 5.49. The number of imidazole rings is 1. The Morgan fingerprint density at radius 1 is 1.50 bits per heavy atom. The summed E-state index contributed by atoms with van der Waals surface area (Å²) in [5.41, 5.74) is 0. The minimum atomic E-state index is -0.489. The number of hydrogen-bond acceptors (Lipinski definition) is 4. The van der Waals surface area contributed by atoms with E-state index in [2.05, 4.69) is 9.88 Å². The highest BCUT2D eigenvalue weighted by molar-refractivity contribution is 5.73. The maximum absolute atomic E-state index is 11.4. The lowest BCUT2D eigenvalue weighted by Gasteiger charge is -2.20. The molecule has 0 bridgehead atoms. The van der Waals surface area contributed by atoms with Crippen LogP contribution in [0.25, 0.3) is 0 Å². The number of rotatable bonds is 2. The summed E-state index contributed by atoms with van der Waals surface area (Å²) in [6, 6.07) is 0. The second-order valence-corrected chi connectivity index (χ2v) is 4.81. The maximum atomic E-state index is 11.4. The van der Waals surface area contributed by atoms with Crippen molar-refractivity contribution in [3.05, 3.63) is 18.2 Å². The summed E-state index contributed by atoms with van der Waals surface area (Å²) >= 11 is 0. The lowest BCUT2D eigenvalue weighted by atomic mass is 10.3. The van der Waals surface area contributed by atoms with Crippen LogP contribution in [-0.4, -0.2) is 62.6 Å². The Kier molecular flexibility index (Phi) is 3.98. The molecule has 18 heavy (non-hydrogen) atoms. The second-order valence-electron chi connectivity index (χ2n) is 4.81. The number of carbonyl (C=O) groups is 1. The molecule has 1 amide bonds. The highest BCUT2D eigenvalue weighted by Crippen LogP contribution is 2.08. The molecule has 1 aliphatic rings. The molecule has 2 rings (SSSR count). The van der Waals surface area contributed by atoms with Crippen molar-refractivity contribution in [1.82, 2.24) is 19.4 Å². The number of aliphatic hydroxyl groups excluding tert-OH is 1. The van der Waals surface area contributed by atoms with E-state index in [9.17, 15) is 9.90 Å². The number of aliphatic hydroxyl groups is 1. The maximum Gasteiger partial charge on any atom is 0.219 e. The Morgan fingerprint density at radius 2 is 2.28 bits per heavy atom. The number of carbonyl (C=O) groups excluding carboxylic acids is 1. The molecule has 1 aromatic rings. The van der Waals surface area contributed by atoms with Crippen LogP contribution in [0.5, 0.6) is 0 Å². The molecule has 0 radical (unpaired) electrons. The van der Waals surface area contributed by atoms with Crippen LogP contribution in [0, 0.1) is 0 Å². The Morgan fingerprint density at radius 3 is 2.89 bits per heavy atom. The summed E-state index contributed by atoms with van der Waals surface area (Å²) in [6.45, 7) is 4.68. The molecule has 100 valence electrons. The number of aryl methyl sites for hydroxylation is 1. The van der Waals surface area contributed by atoms with Gasteiger partial charge in [-0.3, -0.25) is 9.69 Å². The van der Waals surface area contributed by atoms with Gasteiger partial charge >= 0.3 is 0 Å². The highest BCUT2D eigenvalue weighted by atomic mass is 16.3. The van der Waals surface area contributed by atoms with Gasteiger partial charge in [0.25, 0.3) is 0 Å². The molecular formula is C12H20N4O2. The zero-order chi connectivity index (χ0) is 13.1. The highest BCUT2D eigenvalue weighted by Gasteiger charge is 2.23. The first-order valence-electron chi connectivity index (χ1n) is 6.18. The van der Waals surface area contributed by atoms with Crippen molar-refractivity contribution in [2.45, 2.75) is 19.6 Å². The number of hydrogen-bond donors (Lipinski definition) is 1. The molecule has 1 N–H and O–H groups in total. The van der Waals surface area contributed by atoms with Gasteiger partial charge in [-0.2, -0.15) is 0 Å². The molecule has 1 aliphatic heterocycles. The van der Waals surface area contributed by atoms with Crippen molar-refractivity contribution in [2.75, 3.05) is 26.2 Å². The molecular weight excluding hydrogens is 232 g/mol. The predicted molar refractivity (Wildman–Crippen MR) is 66.7 cm³/mol. The standard InChI is InChI=1S/C12H20N4O2/c1-10(17)16-6-5-15(7-11(18)8-16)9-12-13-3-4-14(12)2/h3-4,11,18H,5-9H2,1-2H3/t11-/m1/s1. The average Bonchev–Trinajstić information content (AvgIpc) is 2.59. The summed E-state index contributed by atoms with van der Waals surface area (Å²) in [4.78, 5) is 19.5. The first-order chi connectivity index (χ1) is 8.56. The fourth-order valence-electron chi connectivity index (χ4n) is 2.23. The Labute approximate surface area is 107 Å². The van der Waals surface area contributed by atoms with Gasteiger partial charge in [-0.05, 0) is 0 Å². The summed E-state index contributed by atoms with van der Waals surface area (Å²) in [5.74, 6) is 0.992. The zero-order valence-corrected chi connectivity index (χ0v) is 10.9. The fourth-order valence-corrected chi connectivity index (χ4v) is 2.23. The van der Waals surface area contributed by atoms with E-state index in [-0.39, 0.29) is 5.91 Å². The Bertz CT molecular complexity index is 418. The van der Waals surface area contributed by atoms with Crippen LogP contribution in [0.3, 0.4) is 0 Å². The summed E-state index contributed by atoms with van der Waals surface area (Å²) < 4.78 is 1.97. The van der Waals surface area contributed by atoms with E-state index in [0.29, 0.717) is 26.2 Å². The van der Waals surface area contributed by atoms with E-state index >= 15 is 0 Å². The van der Waals surface area contributed by atoms with E-state index in [0.717, 1.165) is 12.4 Å². The quantitative estimate of drug-likeness (QED) is 0.767. The monoisotopic (exact) mass is 252 g/mol. The van der Waals surface area contributed by atoms with Gasteiger partial charge in [0.15, 0.2) is 0 Å². The third-order valence-electron chi connectivity index (χ3n) is 3.32. The minimum Gasteiger partial charge on any atom is -0.390 e. The van der Waals surface area contributed by atoms with Gasteiger partial charge in [-0.1, -0.05) is 0 Å². The fraction of sp³-hybridized carbons (Fsp3) is 0.667. The van der Waals surface area contributed by atoms with E-state index < -0.39 is 6.10 Å². The lowest BCUT2D eigenvalue weighted by molar-refractivity contribution is -0.129. The molecule has 1 saturated heterocycles. The van der Waals surface area contributed by atoms with Gasteiger partial charge in [0.1, 0.15) is 5.82 Å². The van der Waals surface area contributed by atoms with Crippen LogP contribution in [0.15, 0.2) is 12.4 Å². The van der Waals surface area contributed by atoms with Crippen molar-refractivity contribution in [3.63, 3.8) is 0 Å². The smallest absolute Gasteiger partial charge is 0.219 e. The number of amides is 1. The largest absolute Gasteiger partial charge is 0.390 e. The molecule has 1 aromatic heterocycles. The molecule has 6 nitrogen and oxygen atoms in total. The van der Waals surface area contributed by atoms with Crippen LogP contribution in [0.2, 0.25) is 0 Å².